The highest BCUT2D eigenvalue weighted by molar-refractivity contribution is 5.94. The predicted molar refractivity (Wildman–Crippen MR) is 192 cm³/mol. The van der Waals surface area contributed by atoms with Crippen LogP contribution in [-0.4, -0.2) is 53.0 Å². The third-order valence-electron chi connectivity index (χ3n) is 8.45. The molecular weight excluding hydrogens is 618 g/mol. The van der Waals surface area contributed by atoms with Crippen molar-refractivity contribution in [1.29, 1.82) is 0 Å². The average molecular weight is 670 g/mol. The molecule has 2 amide bonds. The molecule has 0 saturated carbocycles. The SMILES string of the molecule is CCCC[C@@H](NC(=O)[C@H](CC(=O)[C@H](N)Cc1ccccc1)Cc1ccccc1)C(=O)C[C@H](CCCN=C(N)N)C(=O)NCc1ccncc1. The maximum absolute atomic E-state index is 13.9. The Bertz CT molecular complexity index is 1480. The Hall–Kier alpha value is -4.90. The zero-order valence-electron chi connectivity index (χ0n) is 28.4. The monoisotopic (exact) mass is 669 g/mol. The number of aromatic nitrogens is 1. The summed E-state index contributed by atoms with van der Waals surface area (Å²) in [7, 11) is 0. The molecule has 0 unspecified atom stereocenters. The fraction of sp³-hybridized carbons (Fsp3) is 0.421. The summed E-state index contributed by atoms with van der Waals surface area (Å²) < 4.78 is 0. The molecule has 2 aromatic carbocycles. The van der Waals surface area contributed by atoms with Gasteiger partial charge in [-0.2, -0.15) is 0 Å². The van der Waals surface area contributed by atoms with Crippen molar-refractivity contribution in [2.75, 3.05) is 6.54 Å². The first-order valence-electron chi connectivity index (χ1n) is 17.1. The Morgan fingerprint density at radius 2 is 1.35 bits per heavy atom. The van der Waals surface area contributed by atoms with E-state index in [2.05, 4.69) is 20.6 Å². The van der Waals surface area contributed by atoms with E-state index in [9.17, 15) is 19.2 Å². The quantitative estimate of drug-likeness (QED) is 0.0610. The number of pyridine rings is 1. The highest BCUT2D eigenvalue weighted by atomic mass is 16.2. The van der Waals surface area contributed by atoms with Gasteiger partial charge in [-0.25, -0.2) is 0 Å². The minimum Gasteiger partial charge on any atom is -0.370 e. The van der Waals surface area contributed by atoms with Gasteiger partial charge in [0.1, 0.15) is 0 Å². The molecule has 262 valence electrons. The van der Waals surface area contributed by atoms with Crippen molar-refractivity contribution in [3.05, 3.63) is 102 Å². The Labute approximate surface area is 289 Å². The predicted octanol–water partition coefficient (Wildman–Crippen LogP) is 3.39. The van der Waals surface area contributed by atoms with Gasteiger partial charge in [-0.05, 0) is 60.9 Å². The molecule has 0 aliphatic carbocycles. The number of nitrogens with zero attached hydrogens (tertiary/aromatic N) is 2. The highest BCUT2D eigenvalue weighted by Gasteiger charge is 2.31. The maximum atomic E-state index is 13.9. The molecule has 0 aliphatic rings. The largest absolute Gasteiger partial charge is 0.370 e. The van der Waals surface area contributed by atoms with E-state index in [0.29, 0.717) is 45.1 Å². The Morgan fingerprint density at radius 3 is 1.96 bits per heavy atom. The van der Waals surface area contributed by atoms with Crippen LogP contribution in [0.4, 0.5) is 0 Å². The van der Waals surface area contributed by atoms with E-state index in [-0.39, 0.29) is 48.7 Å². The molecule has 49 heavy (non-hydrogen) atoms. The van der Waals surface area contributed by atoms with Crippen LogP contribution in [-0.2, 0) is 38.6 Å². The van der Waals surface area contributed by atoms with Crippen molar-refractivity contribution in [2.24, 2.45) is 34.0 Å². The molecule has 0 fully saturated rings. The van der Waals surface area contributed by atoms with Gasteiger partial charge in [0.15, 0.2) is 17.5 Å². The second-order valence-corrected chi connectivity index (χ2v) is 12.4. The summed E-state index contributed by atoms with van der Waals surface area (Å²) in [5.41, 5.74) is 20.0. The molecular formula is C38H51N7O4. The number of guanidine groups is 1. The van der Waals surface area contributed by atoms with Gasteiger partial charge >= 0.3 is 0 Å². The molecule has 4 atom stereocenters. The smallest absolute Gasteiger partial charge is 0.224 e. The standard InChI is InChI=1S/C38H51N7O4/c1-2-3-16-33(35(47)24-30(15-10-19-43-38(40)41)36(48)44-26-29-17-20-42-21-18-29)45-37(49)31(22-27-11-6-4-7-12-27)25-34(46)32(39)23-28-13-8-5-9-14-28/h4-9,11-14,17-18,20-21,30-33H,2-3,10,15-16,19,22-26,39H2,1H3,(H,44,48)(H,45,49)(H4,40,41,43)/t30-,31-,32+,33+/m0/s1. The number of unbranched alkanes of at least 4 members (excludes halogenated alkanes) is 1. The van der Waals surface area contributed by atoms with Crippen LogP contribution in [0.1, 0.15) is 68.6 Å². The number of nitrogens with one attached hydrogen (secondary N) is 2. The summed E-state index contributed by atoms with van der Waals surface area (Å²) in [6, 6.07) is 21.0. The van der Waals surface area contributed by atoms with Crippen LogP contribution in [0.25, 0.3) is 0 Å². The maximum Gasteiger partial charge on any atom is 0.224 e. The number of benzene rings is 2. The topological polar surface area (TPSA) is 196 Å². The molecule has 3 rings (SSSR count). The van der Waals surface area contributed by atoms with Crippen molar-refractivity contribution >= 4 is 29.3 Å². The van der Waals surface area contributed by atoms with Gasteiger partial charge in [0.2, 0.25) is 11.8 Å². The first-order chi connectivity index (χ1) is 23.7. The van der Waals surface area contributed by atoms with Gasteiger partial charge < -0.3 is 27.8 Å². The molecule has 3 aromatic rings. The van der Waals surface area contributed by atoms with Crippen molar-refractivity contribution in [3.8, 4) is 0 Å². The second kappa shape index (κ2) is 21.1. The molecule has 0 radical (unpaired) electrons. The number of Topliss-reactive ketones (excluding diaryl/α,β-unsaturated/α-hetero) is 2. The molecule has 0 bridgehead atoms. The Kier molecular flexibility index (Phi) is 16.6. The van der Waals surface area contributed by atoms with Gasteiger partial charge in [0.05, 0.1) is 12.1 Å². The lowest BCUT2D eigenvalue weighted by atomic mass is 9.88. The minimum atomic E-state index is -0.813. The molecule has 0 saturated heterocycles. The lowest BCUT2D eigenvalue weighted by Gasteiger charge is -2.24. The van der Waals surface area contributed by atoms with E-state index in [1.54, 1.807) is 24.5 Å². The van der Waals surface area contributed by atoms with Crippen LogP contribution in [0.2, 0.25) is 0 Å². The molecule has 0 spiro atoms. The van der Waals surface area contributed by atoms with Crippen LogP contribution in [0.3, 0.4) is 0 Å². The molecule has 11 nitrogen and oxygen atoms in total. The number of carbonyl (C=O) groups excluding carboxylic acids is 4. The van der Waals surface area contributed by atoms with Crippen LogP contribution < -0.4 is 27.8 Å². The Morgan fingerprint density at radius 1 is 0.735 bits per heavy atom. The Balaban J connectivity index is 1.75. The highest BCUT2D eigenvalue weighted by Crippen LogP contribution is 2.19. The van der Waals surface area contributed by atoms with E-state index in [4.69, 9.17) is 17.2 Å². The first-order valence-corrected chi connectivity index (χ1v) is 17.1. The van der Waals surface area contributed by atoms with Gasteiger partial charge in [-0.3, -0.25) is 29.2 Å². The number of carbonyl (C=O) groups is 4. The third-order valence-corrected chi connectivity index (χ3v) is 8.45. The fourth-order valence-corrected chi connectivity index (χ4v) is 5.63. The minimum absolute atomic E-state index is 0.0401. The third kappa shape index (κ3) is 14.4. The van der Waals surface area contributed by atoms with Gasteiger partial charge in [0.25, 0.3) is 0 Å². The zero-order chi connectivity index (χ0) is 35.4. The number of aliphatic imine (C=N–C) groups is 1. The first kappa shape index (κ1) is 38.5. The molecule has 11 heteroatoms. The summed E-state index contributed by atoms with van der Waals surface area (Å²) in [6.45, 7) is 2.62. The second-order valence-electron chi connectivity index (χ2n) is 12.4. The van der Waals surface area contributed by atoms with Gasteiger partial charge in [0, 0.05) is 50.2 Å². The zero-order valence-corrected chi connectivity index (χ0v) is 28.4. The van der Waals surface area contributed by atoms with Crippen LogP contribution >= 0.6 is 0 Å². The lowest BCUT2D eigenvalue weighted by molar-refractivity contribution is -0.134. The van der Waals surface area contributed by atoms with E-state index in [1.807, 2.05) is 67.6 Å². The summed E-state index contributed by atoms with van der Waals surface area (Å²) in [4.78, 5) is 62.5. The van der Waals surface area contributed by atoms with Crippen molar-refractivity contribution in [2.45, 2.75) is 83.3 Å². The van der Waals surface area contributed by atoms with E-state index in [0.717, 1.165) is 23.1 Å². The number of nitrogens with two attached hydrogens (primary N) is 3. The van der Waals surface area contributed by atoms with Crippen molar-refractivity contribution in [3.63, 3.8) is 0 Å². The number of hydrogen-bond donors (Lipinski definition) is 5. The van der Waals surface area contributed by atoms with Crippen LogP contribution in [0.5, 0.6) is 0 Å². The number of hydrogen-bond acceptors (Lipinski definition) is 7. The summed E-state index contributed by atoms with van der Waals surface area (Å²) in [6.07, 6.45) is 6.65. The van der Waals surface area contributed by atoms with E-state index in [1.165, 1.54) is 0 Å². The molecule has 0 aliphatic heterocycles. The fourth-order valence-electron chi connectivity index (χ4n) is 5.63. The molecule has 8 N–H and O–H groups in total. The lowest BCUT2D eigenvalue weighted by Crippen LogP contribution is -2.46. The normalized spacial score (nSPS) is 13.3. The van der Waals surface area contributed by atoms with Gasteiger partial charge in [-0.15, -0.1) is 0 Å². The van der Waals surface area contributed by atoms with Crippen LogP contribution in [0.15, 0.2) is 90.2 Å². The summed E-state index contributed by atoms with van der Waals surface area (Å²) in [5.74, 6) is -2.53. The number of rotatable bonds is 22. The summed E-state index contributed by atoms with van der Waals surface area (Å²) in [5, 5.41) is 5.91. The van der Waals surface area contributed by atoms with E-state index >= 15 is 0 Å². The average Bonchev–Trinajstić information content (AvgIpc) is 3.10. The molecule has 1 heterocycles. The molecule has 1 aromatic heterocycles. The number of ketones is 2. The summed E-state index contributed by atoms with van der Waals surface area (Å²) >= 11 is 0. The van der Waals surface area contributed by atoms with Crippen molar-refractivity contribution < 1.29 is 19.2 Å². The van der Waals surface area contributed by atoms with E-state index < -0.39 is 23.9 Å². The van der Waals surface area contributed by atoms with Crippen molar-refractivity contribution in [1.82, 2.24) is 15.6 Å². The number of amides is 2. The van der Waals surface area contributed by atoms with Gasteiger partial charge in [-0.1, -0.05) is 80.4 Å². The van der Waals surface area contributed by atoms with Crippen LogP contribution in [0, 0.1) is 11.8 Å².